The first-order chi connectivity index (χ1) is 14.5. The third-order valence-corrected chi connectivity index (χ3v) is 8.01. The van der Waals surface area contributed by atoms with E-state index in [2.05, 4.69) is 84.4 Å². The number of thiazole rings is 1. The number of hydrogen-bond acceptors (Lipinski definition) is 6. The molecule has 0 atom stereocenters. The summed E-state index contributed by atoms with van der Waals surface area (Å²) >= 11 is 5.22. The van der Waals surface area contributed by atoms with Crippen LogP contribution in [0.15, 0.2) is 40.2 Å². The monoisotopic (exact) mass is 454 g/mol. The average Bonchev–Trinajstić information content (AvgIpc) is 3.44. The fourth-order valence-electron chi connectivity index (χ4n) is 3.58. The molecule has 4 rings (SSSR count). The van der Waals surface area contributed by atoms with Crippen LogP contribution in [0.5, 0.6) is 0 Å². The first-order valence-electron chi connectivity index (χ1n) is 10.1. The Labute approximate surface area is 190 Å². The third kappa shape index (κ3) is 4.11. The summed E-state index contributed by atoms with van der Waals surface area (Å²) in [5.41, 5.74) is 6.17. The van der Waals surface area contributed by atoms with Crippen molar-refractivity contribution in [3.8, 4) is 22.0 Å². The fraction of sp³-hybridized carbons (Fsp3) is 0.348. The van der Waals surface area contributed by atoms with Crippen LogP contribution in [-0.2, 0) is 12.2 Å². The van der Waals surface area contributed by atoms with E-state index >= 15 is 0 Å². The van der Waals surface area contributed by atoms with Crippen molar-refractivity contribution in [1.29, 1.82) is 0 Å². The highest BCUT2D eigenvalue weighted by molar-refractivity contribution is 7.98. The van der Waals surface area contributed by atoms with E-state index < -0.39 is 0 Å². The summed E-state index contributed by atoms with van der Waals surface area (Å²) < 4.78 is 2.26. The molecule has 0 amide bonds. The summed E-state index contributed by atoms with van der Waals surface area (Å²) in [6.07, 6.45) is 1.01. The zero-order chi connectivity index (χ0) is 21.3. The van der Waals surface area contributed by atoms with Crippen molar-refractivity contribution in [1.82, 2.24) is 19.7 Å². The predicted octanol–water partition coefficient (Wildman–Crippen LogP) is 7.18. The van der Waals surface area contributed by atoms with Crippen molar-refractivity contribution in [3.05, 3.63) is 56.7 Å². The SMILES string of the molecule is CCc1c(-c2nnc(SCc3csc(-c4ccccc4C)n3)n2C(C)C)csc1C. The summed E-state index contributed by atoms with van der Waals surface area (Å²) in [7, 11) is 0. The highest BCUT2D eigenvalue weighted by Crippen LogP contribution is 2.35. The number of aromatic nitrogens is 4. The molecule has 0 N–H and O–H groups in total. The van der Waals surface area contributed by atoms with Crippen molar-refractivity contribution < 1.29 is 0 Å². The highest BCUT2D eigenvalue weighted by atomic mass is 32.2. The zero-order valence-electron chi connectivity index (χ0n) is 18.0. The van der Waals surface area contributed by atoms with Gasteiger partial charge < -0.3 is 0 Å². The van der Waals surface area contributed by atoms with Crippen molar-refractivity contribution in [3.63, 3.8) is 0 Å². The maximum absolute atomic E-state index is 4.87. The Morgan fingerprint density at radius 2 is 1.83 bits per heavy atom. The molecule has 4 aromatic rings. The van der Waals surface area contributed by atoms with E-state index in [0.29, 0.717) is 6.04 Å². The van der Waals surface area contributed by atoms with Gasteiger partial charge >= 0.3 is 0 Å². The Balaban J connectivity index is 1.58. The van der Waals surface area contributed by atoms with Gasteiger partial charge in [0.1, 0.15) is 5.01 Å². The lowest BCUT2D eigenvalue weighted by atomic mass is 10.1. The molecule has 3 heterocycles. The van der Waals surface area contributed by atoms with Gasteiger partial charge in [-0.3, -0.25) is 4.57 Å². The molecule has 3 aromatic heterocycles. The van der Waals surface area contributed by atoms with Crippen LogP contribution in [0, 0.1) is 13.8 Å². The van der Waals surface area contributed by atoms with E-state index in [1.807, 2.05) is 0 Å². The van der Waals surface area contributed by atoms with E-state index in [1.165, 1.54) is 27.1 Å². The Morgan fingerprint density at radius 3 is 2.57 bits per heavy atom. The van der Waals surface area contributed by atoms with Gasteiger partial charge in [-0.25, -0.2) is 4.98 Å². The average molecular weight is 455 g/mol. The second kappa shape index (κ2) is 9.04. The molecule has 0 aliphatic rings. The van der Waals surface area contributed by atoms with E-state index in [4.69, 9.17) is 4.98 Å². The number of thiophene rings is 1. The molecule has 30 heavy (non-hydrogen) atoms. The number of aryl methyl sites for hydroxylation is 2. The standard InChI is InChI=1S/C23H26N4S3/c1-6-18-16(5)28-13-20(18)21-25-26-23(27(21)14(2)3)30-12-17-11-29-22(24-17)19-10-8-7-9-15(19)4/h7-11,13-14H,6,12H2,1-5H3. The van der Waals surface area contributed by atoms with Gasteiger partial charge in [-0.2, -0.15) is 0 Å². The van der Waals surface area contributed by atoms with Crippen molar-refractivity contribution >= 4 is 34.4 Å². The van der Waals surface area contributed by atoms with Crippen LogP contribution < -0.4 is 0 Å². The van der Waals surface area contributed by atoms with E-state index in [0.717, 1.165) is 33.9 Å². The lowest BCUT2D eigenvalue weighted by molar-refractivity contribution is 0.555. The summed E-state index contributed by atoms with van der Waals surface area (Å²) in [6.45, 7) is 10.9. The minimum Gasteiger partial charge on any atom is -0.299 e. The minimum absolute atomic E-state index is 0.292. The summed E-state index contributed by atoms with van der Waals surface area (Å²) in [6, 6.07) is 8.70. The Bertz CT molecular complexity index is 1150. The number of thioether (sulfide) groups is 1. The van der Waals surface area contributed by atoms with Gasteiger partial charge in [-0.05, 0) is 45.2 Å². The largest absolute Gasteiger partial charge is 0.299 e. The molecule has 1 aromatic carbocycles. The van der Waals surface area contributed by atoms with Crippen molar-refractivity contribution in [2.24, 2.45) is 0 Å². The minimum atomic E-state index is 0.292. The van der Waals surface area contributed by atoms with Gasteiger partial charge in [-0.1, -0.05) is 43.0 Å². The molecule has 4 nitrogen and oxygen atoms in total. The molecule has 0 radical (unpaired) electrons. The lowest BCUT2D eigenvalue weighted by Crippen LogP contribution is -2.05. The highest BCUT2D eigenvalue weighted by Gasteiger charge is 2.21. The molecular formula is C23H26N4S3. The molecule has 7 heteroatoms. The molecule has 0 fully saturated rings. The summed E-state index contributed by atoms with van der Waals surface area (Å²) in [5.74, 6) is 1.77. The third-order valence-electron chi connectivity index (χ3n) is 5.16. The van der Waals surface area contributed by atoms with Crippen LogP contribution in [0.25, 0.3) is 22.0 Å². The van der Waals surface area contributed by atoms with E-state index in [-0.39, 0.29) is 0 Å². The molecule has 0 spiro atoms. The number of nitrogens with zero attached hydrogens (tertiary/aromatic N) is 4. The molecule has 0 saturated heterocycles. The molecular weight excluding hydrogens is 428 g/mol. The van der Waals surface area contributed by atoms with Gasteiger partial charge in [0, 0.05) is 38.6 Å². The van der Waals surface area contributed by atoms with Crippen LogP contribution in [0.3, 0.4) is 0 Å². The van der Waals surface area contributed by atoms with Crippen molar-refractivity contribution in [2.75, 3.05) is 0 Å². The van der Waals surface area contributed by atoms with E-state index in [1.54, 1.807) is 34.4 Å². The van der Waals surface area contributed by atoms with Gasteiger partial charge in [0.15, 0.2) is 11.0 Å². The van der Waals surface area contributed by atoms with Crippen LogP contribution in [0.4, 0.5) is 0 Å². The normalized spacial score (nSPS) is 11.5. The zero-order valence-corrected chi connectivity index (χ0v) is 20.4. The quantitative estimate of drug-likeness (QED) is 0.277. The van der Waals surface area contributed by atoms with Crippen LogP contribution in [-0.4, -0.2) is 19.7 Å². The van der Waals surface area contributed by atoms with Crippen molar-refractivity contribution in [2.45, 2.75) is 58.0 Å². The smallest absolute Gasteiger partial charge is 0.192 e. The van der Waals surface area contributed by atoms with E-state index in [9.17, 15) is 0 Å². The Morgan fingerprint density at radius 1 is 1.03 bits per heavy atom. The van der Waals surface area contributed by atoms with Gasteiger partial charge in [0.05, 0.1) is 5.69 Å². The summed E-state index contributed by atoms with van der Waals surface area (Å²) in [4.78, 5) is 6.24. The van der Waals surface area contributed by atoms with Crippen LogP contribution in [0.1, 0.15) is 48.5 Å². The first-order valence-corrected chi connectivity index (χ1v) is 12.9. The van der Waals surface area contributed by atoms with Crippen LogP contribution >= 0.6 is 34.4 Å². The second-order valence-electron chi connectivity index (χ2n) is 7.56. The molecule has 0 bridgehead atoms. The maximum atomic E-state index is 4.87. The molecule has 156 valence electrons. The van der Waals surface area contributed by atoms with Gasteiger partial charge in [0.2, 0.25) is 0 Å². The lowest BCUT2D eigenvalue weighted by Gasteiger charge is -2.14. The Kier molecular flexibility index (Phi) is 6.41. The summed E-state index contributed by atoms with van der Waals surface area (Å²) in [5, 5.41) is 15.5. The van der Waals surface area contributed by atoms with Gasteiger partial charge in [0.25, 0.3) is 0 Å². The number of rotatable bonds is 7. The van der Waals surface area contributed by atoms with Gasteiger partial charge in [-0.15, -0.1) is 32.9 Å². The first kappa shape index (κ1) is 21.3. The fourth-order valence-corrected chi connectivity index (χ4v) is 6.49. The molecule has 0 saturated carbocycles. The number of benzene rings is 1. The van der Waals surface area contributed by atoms with Crippen LogP contribution in [0.2, 0.25) is 0 Å². The predicted molar refractivity (Wildman–Crippen MR) is 130 cm³/mol. The molecule has 0 unspecified atom stereocenters. The molecule has 0 aliphatic carbocycles. The maximum Gasteiger partial charge on any atom is 0.192 e. The molecule has 0 aliphatic heterocycles. The Hall–Kier alpha value is -1.96. The number of hydrogen-bond donors (Lipinski definition) is 0. The topological polar surface area (TPSA) is 43.6 Å². The second-order valence-corrected chi connectivity index (χ2v) is 10.4.